The number of methoxy groups -OCH3 is 1. The van der Waals surface area contributed by atoms with E-state index in [1.807, 2.05) is 36.4 Å². The Balaban J connectivity index is 2.54. The predicted molar refractivity (Wildman–Crippen MR) is 70.2 cm³/mol. The van der Waals surface area contributed by atoms with Gasteiger partial charge in [0.25, 0.3) is 0 Å². The maximum atomic E-state index is 11.9. The molecule has 0 saturated carbocycles. The Bertz CT molecular complexity index is 354. The molecule has 0 heterocycles. The number of carbonyl (C=O) groups is 1. The predicted octanol–water partition coefficient (Wildman–Crippen LogP) is 3.63. The molecule has 0 radical (unpaired) electrons. The summed E-state index contributed by atoms with van der Waals surface area (Å²) in [6.07, 6.45) is 6.48. The van der Waals surface area contributed by atoms with Crippen molar-refractivity contribution in [1.29, 1.82) is 0 Å². The summed E-state index contributed by atoms with van der Waals surface area (Å²) in [7, 11) is 1.64. The van der Waals surface area contributed by atoms with Crippen molar-refractivity contribution in [3.8, 4) is 0 Å². The summed E-state index contributed by atoms with van der Waals surface area (Å²) in [6.45, 7) is 2.13. The van der Waals surface area contributed by atoms with Gasteiger partial charge in [-0.2, -0.15) is 0 Å². The molecule has 1 unspecified atom stereocenters. The molecule has 1 aromatic rings. The van der Waals surface area contributed by atoms with Gasteiger partial charge in [-0.15, -0.1) is 0 Å². The molecule has 0 saturated heterocycles. The minimum atomic E-state index is -0.116. The fraction of sp³-hybridized carbons (Fsp3) is 0.400. The molecule has 0 bridgehead atoms. The number of hydrogen-bond donors (Lipinski definition) is 0. The highest BCUT2D eigenvalue weighted by molar-refractivity contribution is 5.96. The Morgan fingerprint density at radius 2 is 2.06 bits per heavy atom. The number of unbranched alkanes of at least 4 members (excludes halogenated alkanes) is 1. The molecule has 0 amide bonds. The molecule has 1 rings (SSSR count). The Morgan fingerprint density at radius 1 is 1.35 bits per heavy atom. The molecule has 0 N–H and O–H groups in total. The number of ketones is 1. The Labute approximate surface area is 103 Å². The van der Waals surface area contributed by atoms with Crippen LogP contribution in [0, 0.1) is 0 Å². The first-order valence-electron chi connectivity index (χ1n) is 6.05. The van der Waals surface area contributed by atoms with E-state index in [0.29, 0.717) is 6.42 Å². The zero-order valence-electron chi connectivity index (χ0n) is 10.6. The highest BCUT2D eigenvalue weighted by atomic mass is 16.5. The van der Waals surface area contributed by atoms with Crippen LogP contribution in [0.1, 0.15) is 36.5 Å². The van der Waals surface area contributed by atoms with Gasteiger partial charge < -0.3 is 4.74 Å². The van der Waals surface area contributed by atoms with Gasteiger partial charge in [-0.3, -0.25) is 4.79 Å². The normalized spacial score (nSPS) is 12.8. The topological polar surface area (TPSA) is 26.3 Å². The average Bonchev–Trinajstić information content (AvgIpc) is 2.38. The van der Waals surface area contributed by atoms with E-state index in [2.05, 4.69) is 13.0 Å². The van der Waals surface area contributed by atoms with Crippen LogP contribution in [-0.4, -0.2) is 19.0 Å². The lowest BCUT2D eigenvalue weighted by atomic mass is 10.0. The number of ether oxygens (including phenoxy) is 1. The monoisotopic (exact) mass is 232 g/mol. The lowest BCUT2D eigenvalue weighted by molar-refractivity contribution is 0.0852. The van der Waals surface area contributed by atoms with Crippen LogP contribution >= 0.6 is 0 Å². The van der Waals surface area contributed by atoms with Crippen molar-refractivity contribution < 1.29 is 9.53 Å². The van der Waals surface area contributed by atoms with Crippen LogP contribution in [0.3, 0.4) is 0 Å². The second-order valence-electron chi connectivity index (χ2n) is 3.98. The van der Waals surface area contributed by atoms with Crippen molar-refractivity contribution in [2.24, 2.45) is 0 Å². The fourth-order valence-electron chi connectivity index (χ4n) is 1.57. The first kappa shape index (κ1) is 13.7. The third-order valence-corrected chi connectivity index (χ3v) is 2.59. The summed E-state index contributed by atoms with van der Waals surface area (Å²) < 4.78 is 5.28. The summed E-state index contributed by atoms with van der Waals surface area (Å²) in [4.78, 5) is 11.9. The quantitative estimate of drug-likeness (QED) is 0.530. The standard InChI is InChI=1S/C15H20O2/c1-3-4-6-11-14(17-2)12-15(16)13-9-7-5-8-10-13/h5-11,14H,3-4,12H2,1-2H3/b11-6+. The summed E-state index contributed by atoms with van der Waals surface area (Å²) in [5.41, 5.74) is 0.749. The van der Waals surface area contributed by atoms with Gasteiger partial charge in [-0.1, -0.05) is 55.8 Å². The summed E-state index contributed by atoms with van der Waals surface area (Å²) in [6, 6.07) is 9.34. The first-order valence-corrected chi connectivity index (χ1v) is 6.05. The largest absolute Gasteiger partial charge is 0.377 e. The number of carbonyl (C=O) groups excluding carboxylic acids is 1. The smallest absolute Gasteiger partial charge is 0.165 e. The van der Waals surface area contributed by atoms with E-state index < -0.39 is 0 Å². The first-order chi connectivity index (χ1) is 8.27. The second-order valence-corrected chi connectivity index (χ2v) is 3.98. The minimum absolute atomic E-state index is 0.116. The third kappa shape index (κ3) is 4.96. The summed E-state index contributed by atoms with van der Waals surface area (Å²) in [5, 5.41) is 0. The van der Waals surface area contributed by atoms with Crippen LogP contribution < -0.4 is 0 Å². The molecule has 92 valence electrons. The van der Waals surface area contributed by atoms with E-state index in [0.717, 1.165) is 18.4 Å². The average molecular weight is 232 g/mol. The number of benzene rings is 1. The maximum absolute atomic E-state index is 11.9. The number of Topliss-reactive ketones (excluding diaryl/α,β-unsaturated/α-hetero) is 1. The highest BCUT2D eigenvalue weighted by Crippen LogP contribution is 2.08. The van der Waals surface area contributed by atoms with Crippen molar-refractivity contribution in [1.82, 2.24) is 0 Å². The van der Waals surface area contributed by atoms with Crippen molar-refractivity contribution >= 4 is 5.78 Å². The van der Waals surface area contributed by atoms with Crippen LogP contribution in [0.5, 0.6) is 0 Å². The third-order valence-electron chi connectivity index (χ3n) is 2.59. The molecule has 2 nitrogen and oxygen atoms in total. The van der Waals surface area contributed by atoms with Crippen LogP contribution in [0.2, 0.25) is 0 Å². The van der Waals surface area contributed by atoms with Gasteiger partial charge in [-0.25, -0.2) is 0 Å². The molecular formula is C15H20O2. The number of allylic oxidation sites excluding steroid dienone is 1. The van der Waals surface area contributed by atoms with E-state index in [-0.39, 0.29) is 11.9 Å². The lowest BCUT2D eigenvalue weighted by Gasteiger charge is -2.09. The van der Waals surface area contributed by atoms with Crippen LogP contribution in [-0.2, 0) is 4.74 Å². The van der Waals surface area contributed by atoms with Crippen molar-refractivity contribution in [2.45, 2.75) is 32.3 Å². The molecule has 0 spiro atoms. The van der Waals surface area contributed by atoms with E-state index in [9.17, 15) is 4.79 Å². The zero-order chi connectivity index (χ0) is 12.5. The molecule has 1 atom stereocenters. The molecule has 2 heteroatoms. The van der Waals surface area contributed by atoms with Gasteiger partial charge >= 0.3 is 0 Å². The van der Waals surface area contributed by atoms with Gasteiger partial charge in [-0.05, 0) is 6.42 Å². The van der Waals surface area contributed by atoms with E-state index in [4.69, 9.17) is 4.74 Å². The zero-order valence-corrected chi connectivity index (χ0v) is 10.6. The fourth-order valence-corrected chi connectivity index (χ4v) is 1.57. The molecule has 17 heavy (non-hydrogen) atoms. The Morgan fingerprint density at radius 3 is 2.65 bits per heavy atom. The maximum Gasteiger partial charge on any atom is 0.165 e. The van der Waals surface area contributed by atoms with Crippen molar-refractivity contribution in [2.75, 3.05) is 7.11 Å². The van der Waals surface area contributed by atoms with Gasteiger partial charge in [0.1, 0.15) is 0 Å². The Kier molecular flexibility index (Phi) is 6.26. The molecule has 0 aliphatic carbocycles. The van der Waals surface area contributed by atoms with Crippen molar-refractivity contribution in [3.63, 3.8) is 0 Å². The molecule has 1 aromatic carbocycles. The number of rotatable bonds is 7. The van der Waals surface area contributed by atoms with Crippen LogP contribution in [0.25, 0.3) is 0 Å². The summed E-state index contributed by atoms with van der Waals surface area (Å²) in [5.74, 6) is 0.124. The van der Waals surface area contributed by atoms with Gasteiger partial charge in [0, 0.05) is 19.1 Å². The van der Waals surface area contributed by atoms with Crippen LogP contribution in [0.15, 0.2) is 42.5 Å². The number of hydrogen-bond acceptors (Lipinski definition) is 2. The summed E-state index contributed by atoms with van der Waals surface area (Å²) >= 11 is 0. The molecule has 0 fully saturated rings. The van der Waals surface area contributed by atoms with Gasteiger partial charge in [0.15, 0.2) is 5.78 Å². The molecule has 0 aliphatic heterocycles. The lowest BCUT2D eigenvalue weighted by Crippen LogP contribution is -2.13. The second kappa shape index (κ2) is 7.80. The Hall–Kier alpha value is -1.41. The van der Waals surface area contributed by atoms with Crippen molar-refractivity contribution in [3.05, 3.63) is 48.0 Å². The SMILES string of the molecule is CCC/C=C/C(CC(=O)c1ccccc1)OC. The molecular weight excluding hydrogens is 212 g/mol. The minimum Gasteiger partial charge on any atom is -0.377 e. The van der Waals surface area contributed by atoms with E-state index in [1.165, 1.54) is 0 Å². The van der Waals surface area contributed by atoms with Gasteiger partial charge in [0.05, 0.1) is 6.10 Å². The van der Waals surface area contributed by atoms with Gasteiger partial charge in [0.2, 0.25) is 0 Å². The molecule has 0 aliphatic rings. The highest BCUT2D eigenvalue weighted by Gasteiger charge is 2.11. The molecule has 0 aromatic heterocycles. The van der Waals surface area contributed by atoms with E-state index >= 15 is 0 Å². The van der Waals surface area contributed by atoms with Crippen LogP contribution in [0.4, 0.5) is 0 Å². The van der Waals surface area contributed by atoms with E-state index in [1.54, 1.807) is 7.11 Å².